The number of hydrogen-bond acceptors (Lipinski definition) is 4. The van der Waals surface area contributed by atoms with Gasteiger partial charge < -0.3 is 10.1 Å². The Labute approximate surface area is 95.9 Å². The molecule has 1 heterocycles. The summed E-state index contributed by atoms with van der Waals surface area (Å²) in [5.41, 5.74) is 0. The van der Waals surface area contributed by atoms with E-state index in [2.05, 4.69) is 24.1 Å². The van der Waals surface area contributed by atoms with Crippen LogP contribution in [0.3, 0.4) is 0 Å². The molecule has 4 heteroatoms. The molecule has 0 aliphatic rings. The van der Waals surface area contributed by atoms with E-state index >= 15 is 0 Å². The van der Waals surface area contributed by atoms with Crippen LogP contribution in [0.15, 0.2) is 6.20 Å². The fraction of sp³-hybridized carbons (Fsp3) is 0.727. The fourth-order valence-corrected chi connectivity index (χ4v) is 2.02. The molecule has 0 aliphatic heterocycles. The maximum atomic E-state index is 5.33. The molecule has 1 aromatic rings. The molecule has 15 heavy (non-hydrogen) atoms. The van der Waals surface area contributed by atoms with Gasteiger partial charge in [0.25, 0.3) is 0 Å². The van der Waals surface area contributed by atoms with E-state index in [1.807, 2.05) is 13.1 Å². The highest BCUT2D eigenvalue weighted by molar-refractivity contribution is 7.11. The number of aryl methyl sites for hydroxylation is 1. The summed E-state index contributed by atoms with van der Waals surface area (Å²) in [6.45, 7) is 8.69. The van der Waals surface area contributed by atoms with Gasteiger partial charge in [-0.2, -0.15) is 0 Å². The van der Waals surface area contributed by atoms with E-state index in [0.717, 1.165) is 31.2 Å². The Morgan fingerprint density at radius 1 is 1.53 bits per heavy atom. The first-order valence-electron chi connectivity index (χ1n) is 5.51. The molecule has 3 nitrogen and oxygen atoms in total. The zero-order valence-electron chi connectivity index (χ0n) is 9.75. The Bertz CT molecular complexity index is 275. The van der Waals surface area contributed by atoms with Crippen molar-refractivity contribution in [3.63, 3.8) is 0 Å². The van der Waals surface area contributed by atoms with E-state index < -0.39 is 0 Å². The Kier molecular flexibility index (Phi) is 5.83. The molecule has 0 aromatic carbocycles. The molecule has 0 spiro atoms. The van der Waals surface area contributed by atoms with Crippen LogP contribution in [0.5, 0.6) is 0 Å². The van der Waals surface area contributed by atoms with Crippen molar-refractivity contribution in [3.8, 4) is 0 Å². The summed E-state index contributed by atoms with van der Waals surface area (Å²) in [6, 6.07) is 0.388. The number of nitrogens with one attached hydrogen (secondary N) is 1. The largest absolute Gasteiger partial charge is 0.380 e. The van der Waals surface area contributed by atoms with Crippen LogP contribution in [0.2, 0.25) is 0 Å². The van der Waals surface area contributed by atoms with Gasteiger partial charge in [0.15, 0.2) is 0 Å². The van der Waals surface area contributed by atoms with Crippen molar-refractivity contribution in [1.29, 1.82) is 0 Å². The van der Waals surface area contributed by atoms with E-state index in [1.54, 1.807) is 11.3 Å². The summed E-state index contributed by atoms with van der Waals surface area (Å²) >= 11 is 1.78. The Balaban J connectivity index is 2.24. The minimum atomic E-state index is 0.388. The Morgan fingerprint density at radius 2 is 2.33 bits per heavy atom. The first-order valence-corrected chi connectivity index (χ1v) is 6.32. The molecular weight excluding hydrogens is 208 g/mol. The Morgan fingerprint density at radius 3 is 2.93 bits per heavy atom. The number of thiazole rings is 1. The number of ether oxygens (including phenoxy) is 1. The monoisotopic (exact) mass is 228 g/mol. The molecule has 0 amide bonds. The molecule has 0 saturated carbocycles. The topological polar surface area (TPSA) is 34.1 Å². The van der Waals surface area contributed by atoms with Crippen molar-refractivity contribution >= 4 is 11.3 Å². The van der Waals surface area contributed by atoms with Crippen LogP contribution in [-0.2, 0) is 17.7 Å². The maximum Gasteiger partial charge on any atom is 0.107 e. The second-order valence-corrected chi connectivity index (χ2v) is 4.72. The number of aromatic nitrogens is 1. The lowest BCUT2D eigenvalue weighted by Crippen LogP contribution is -2.29. The SMILES string of the molecule is CCOCC(C)NCc1ncc(CC)s1. The summed E-state index contributed by atoms with van der Waals surface area (Å²) < 4.78 is 5.33. The first-order chi connectivity index (χ1) is 7.26. The molecule has 0 saturated heterocycles. The van der Waals surface area contributed by atoms with Crippen LogP contribution in [0.1, 0.15) is 30.7 Å². The standard InChI is InChI=1S/C11H20N2OS/c1-4-10-6-13-11(15-10)7-12-9(3)8-14-5-2/h6,9,12H,4-5,7-8H2,1-3H3. The van der Waals surface area contributed by atoms with E-state index in [9.17, 15) is 0 Å². The molecule has 0 bridgehead atoms. The molecule has 1 rings (SSSR count). The predicted molar refractivity (Wildman–Crippen MR) is 64.3 cm³/mol. The van der Waals surface area contributed by atoms with Crippen LogP contribution in [0.25, 0.3) is 0 Å². The van der Waals surface area contributed by atoms with Gasteiger partial charge >= 0.3 is 0 Å². The van der Waals surface area contributed by atoms with Crippen LogP contribution < -0.4 is 5.32 Å². The van der Waals surface area contributed by atoms with E-state index in [0.29, 0.717) is 6.04 Å². The summed E-state index contributed by atoms with van der Waals surface area (Å²) in [4.78, 5) is 5.71. The molecule has 1 aromatic heterocycles. The van der Waals surface area contributed by atoms with Gasteiger partial charge in [0.05, 0.1) is 6.61 Å². The normalized spacial score (nSPS) is 13.0. The molecule has 1 atom stereocenters. The van der Waals surface area contributed by atoms with Gasteiger partial charge in [0.2, 0.25) is 0 Å². The van der Waals surface area contributed by atoms with Gasteiger partial charge in [-0.25, -0.2) is 4.98 Å². The van der Waals surface area contributed by atoms with Gasteiger partial charge in [-0.15, -0.1) is 11.3 Å². The fourth-order valence-electron chi connectivity index (χ4n) is 1.21. The molecule has 1 N–H and O–H groups in total. The average Bonchev–Trinajstić information content (AvgIpc) is 2.71. The number of nitrogens with zero attached hydrogens (tertiary/aromatic N) is 1. The highest BCUT2D eigenvalue weighted by Crippen LogP contribution is 2.12. The highest BCUT2D eigenvalue weighted by atomic mass is 32.1. The van der Waals surface area contributed by atoms with Crippen LogP contribution in [0.4, 0.5) is 0 Å². The molecule has 0 radical (unpaired) electrons. The Hall–Kier alpha value is -0.450. The van der Waals surface area contributed by atoms with Gasteiger partial charge in [0.1, 0.15) is 5.01 Å². The quantitative estimate of drug-likeness (QED) is 0.777. The van der Waals surface area contributed by atoms with E-state index in [4.69, 9.17) is 4.74 Å². The van der Waals surface area contributed by atoms with Crippen molar-refractivity contribution < 1.29 is 4.74 Å². The molecule has 0 aliphatic carbocycles. The summed E-state index contributed by atoms with van der Waals surface area (Å²) in [7, 11) is 0. The second-order valence-electron chi connectivity index (χ2n) is 3.52. The second kappa shape index (κ2) is 6.93. The zero-order valence-corrected chi connectivity index (χ0v) is 10.6. The van der Waals surface area contributed by atoms with Crippen molar-refractivity contribution in [3.05, 3.63) is 16.1 Å². The van der Waals surface area contributed by atoms with Gasteiger partial charge in [-0.3, -0.25) is 0 Å². The minimum absolute atomic E-state index is 0.388. The van der Waals surface area contributed by atoms with Crippen LogP contribution >= 0.6 is 11.3 Å². The third-order valence-electron chi connectivity index (χ3n) is 2.12. The lowest BCUT2D eigenvalue weighted by molar-refractivity contribution is 0.127. The molecular formula is C11H20N2OS. The molecule has 0 fully saturated rings. The lowest BCUT2D eigenvalue weighted by Gasteiger charge is -2.11. The maximum absolute atomic E-state index is 5.33. The smallest absolute Gasteiger partial charge is 0.107 e. The lowest BCUT2D eigenvalue weighted by atomic mass is 10.3. The molecule has 1 unspecified atom stereocenters. The molecule has 86 valence electrons. The number of hydrogen-bond donors (Lipinski definition) is 1. The van der Waals surface area contributed by atoms with Gasteiger partial charge in [-0.1, -0.05) is 6.92 Å². The highest BCUT2D eigenvalue weighted by Gasteiger charge is 2.04. The third kappa shape index (κ3) is 4.73. The van der Waals surface area contributed by atoms with E-state index in [-0.39, 0.29) is 0 Å². The zero-order chi connectivity index (χ0) is 11.1. The van der Waals surface area contributed by atoms with Crippen molar-refractivity contribution in [2.24, 2.45) is 0 Å². The van der Waals surface area contributed by atoms with Crippen molar-refractivity contribution in [2.75, 3.05) is 13.2 Å². The average molecular weight is 228 g/mol. The summed E-state index contributed by atoms with van der Waals surface area (Å²) in [5.74, 6) is 0. The predicted octanol–water partition coefficient (Wildman–Crippen LogP) is 2.22. The van der Waals surface area contributed by atoms with Crippen LogP contribution in [-0.4, -0.2) is 24.2 Å². The van der Waals surface area contributed by atoms with E-state index in [1.165, 1.54) is 4.88 Å². The van der Waals surface area contributed by atoms with Crippen molar-refractivity contribution in [1.82, 2.24) is 10.3 Å². The third-order valence-corrected chi connectivity index (χ3v) is 3.27. The van der Waals surface area contributed by atoms with Gasteiger partial charge in [-0.05, 0) is 20.3 Å². The van der Waals surface area contributed by atoms with Gasteiger partial charge in [0, 0.05) is 30.3 Å². The van der Waals surface area contributed by atoms with Crippen molar-refractivity contribution in [2.45, 2.75) is 39.8 Å². The minimum Gasteiger partial charge on any atom is -0.380 e. The summed E-state index contributed by atoms with van der Waals surface area (Å²) in [6.07, 6.45) is 3.04. The first kappa shape index (κ1) is 12.6. The van der Waals surface area contributed by atoms with Crippen LogP contribution in [0, 0.1) is 0 Å². The summed E-state index contributed by atoms with van der Waals surface area (Å²) in [5, 5.41) is 4.56. The number of rotatable bonds is 7.